The Labute approximate surface area is 57.5 Å². The summed E-state index contributed by atoms with van der Waals surface area (Å²) in [5, 5.41) is 0.944. The topological polar surface area (TPSA) is 12.0 Å². The van der Waals surface area contributed by atoms with Crippen molar-refractivity contribution in [1.29, 1.82) is 0 Å². The van der Waals surface area contributed by atoms with Gasteiger partial charge < -0.3 is 0 Å². The first-order valence-corrected chi connectivity index (χ1v) is 5.26. The van der Waals surface area contributed by atoms with Crippen molar-refractivity contribution in [2.24, 2.45) is 0 Å². The molecule has 0 aromatic rings. The lowest BCUT2D eigenvalue weighted by atomic mass is 10.3. The first-order valence-electron chi connectivity index (χ1n) is 3.04. The highest BCUT2D eigenvalue weighted by Crippen LogP contribution is 2.42. The molecule has 2 fully saturated rings. The lowest BCUT2D eigenvalue weighted by Crippen LogP contribution is -2.21. The third-order valence-electron chi connectivity index (χ3n) is 1.82. The zero-order valence-electron chi connectivity index (χ0n) is 4.59. The molecule has 1 nitrogen and oxygen atoms in total. The van der Waals surface area contributed by atoms with Gasteiger partial charge in [0.1, 0.15) is 0 Å². The SMILES string of the molecule is C1CC2NSSC2C1. The molecule has 1 N–H and O–H groups in total. The Morgan fingerprint density at radius 1 is 1.38 bits per heavy atom. The molecule has 0 radical (unpaired) electrons. The van der Waals surface area contributed by atoms with E-state index in [1.807, 2.05) is 21.8 Å². The molecular formula is C5H9NS2. The summed E-state index contributed by atoms with van der Waals surface area (Å²) in [6.07, 6.45) is 4.29. The van der Waals surface area contributed by atoms with Crippen LogP contribution in [0.5, 0.6) is 0 Å². The normalized spacial score (nSPS) is 45.0. The van der Waals surface area contributed by atoms with E-state index >= 15 is 0 Å². The Morgan fingerprint density at radius 2 is 2.38 bits per heavy atom. The minimum atomic E-state index is 0.852. The van der Waals surface area contributed by atoms with Gasteiger partial charge in [0.15, 0.2) is 0 Å². The number of hydrogen-bond donors (Lipinski definition) is 1. The molecule has 46 valence electrons. The van der Waals surface area contributed by atoms with Crippen molar-refractivity contribution in [1.82, 2.24) is 4.72 Å². The summed E-state index contributed by atoms with van der Waals surface area (Å²) < 4.78 is 3.40. The Hall–Kier alpha value is 0.660. The van der Waals surface area contributed by atoms with E-state index in [1.165, 1.54) is 19.3 Å². The van der Waals surface area contributed by atoms with Gasteiger partial charge in [-0.2, -0.15) is 0 Å². The van der Waals surface area contributed by atoms with E-state index in [2.05, 4.69) is 4.72 Å². The first-order chi connectivity index (χ1) is 3.97. The largest absolute Gasteiger partial charge is 0.251 e. The lowest BCUT2D eigenvalue weighted by molar-refractivity contribution is 0.681. The van der Waals surface area contributed by atoms with Gasteiger partial charge in [-0.25, -0.2) is 0 Å². The smallest absolute Gasteiger partial charge is 0.0326 e. The minimum absolute atomic E-state index is 0.852. The van der Waals surface area contributed by atoms with Crippen molar-refractivity contribution in [2.45, 2.75) is 30.6 Å². The summed E-state index contributed by atoms with van der Waals surface area (Å²) in [7, 11) is 3.85. The van der Waals surface area contributed by atoms with Crippen LogP contribution in [0.4, 0.5) is 0 Å². The molecular weight excluding hydrogens is 138 g/mol. The van der Waals surface area contributed by atoms with Crippen LogP contribution < -0.4 is 4.72 Å². The van der Waals surface area contributed by atoms with Gasteiger partial charge in [0, 0.05) is 11.3 Å². The van der Waals surface area contributed by atoms with Gasteiger partial charge in [-0.05, 0) is 23.8 Å². The molecule has 2 unspecified atom stereocenters. The van der Waals surface area contributed by atoms with E-state index in [4.69, 9.17) is 0 Å². The molecule has 0 amide bonds. The Balaban J connectivity index is 2.04. The van der Waals surface area contributed by atoms with Crippen LogP contribution in [-0.2, 0) is 0 Å². The average Bonchev–Trinajstić information content (AvgIpc) is 2.15. The number of hydrogen-bond acceptors (Lipinski definition) is 3. The Bertz CT molecular complexity index is 76.4. The number of fused-ring (bicyclic) bond motifs is 1. The van der Waals surface area contributed by atoms with Crippen LogP contribution in [0.25, 0.3) is 0 Å². The molecule has 8 heavy (non-hydrogen) atoms. The molecule has 0 bridgehead atoms. The molecule has 2 rings (SSSR count). The minimum Gasteiger partial charge on any atom is -0.251 e. The number of nitrogens with one attached hydrogen (secondary N) is 1. The standard InChI is InChI=1S/C5H9NS2/c1-2-4-5(3-1)7-8-6-4/h4-6H,1-3H2. The van der Waals surface area contributed by atoms with Crippen LogP contribution in [0.15, 0.2) is 0 Å². The van der Waals surface area contributed by atoms with E-state index in [-0.39, 0.29) is 0 Å². The zero-order chi connectivity index (χ0) is 5.40. The summed E-state index contributed by atoms with van der Waals surface area (Å²) in [4.78, 5) is 0. The fourth-order valence-electron chi connectivity index (χ4n) is 1.33. The molecule has 0 aromatic carbocycles. The van der Waals surface area contributed by atoms with E-state index in [0.717, 1.165) is 11.3 Å². The predicted molar refractivity (Wildman–Crippen MR) is 39.7 cm³/mol. The van der Waals surface area contributed by atoms with Gasteiger partial charge >= 0.3 is 0 Å². The second-order valence-electron chi connectivity index (χ2n) is 2.37. The highest BCUT2D eigenvalue weighted by Gasteiger charge is 2.32. The molecule has 1 aliphatic heterocycles. The molecule has 1 saturated heterocycles. The molecule has 1 heterocycles. The van der Waals surface area contributed by atoms with Crippen molar-refractivity contribution in [3.8, 4) is 0 Å². The van der Waals surface area contributed by atoms with E-state index < -0.39 is 0 Å². The van der Waals surface area contributed by atoms with Crippen LogP contribution in [-0.4, -0.2) is 11.3 Å². The van der Waals surface area contributed by atoms with Crippen molar-refractivity contribution < 1.29 is 0 Å². The molecule has 2 atom stereocenters. The summed E-state index contributed by atoms with van der Waals surface area (Å²) in [5.41, 5.74) is 0. The van der Waals surface area contributed by atoms with Crippen LogP contribution in [0.2, 0.25) is 0 Å². The Kier molecular flexibility index (Phi) is 1.44. The van der Waals surface area contributed by atoms with Crippen LogP contribution in [0.1, 0.15) is 19.3 Å². The zero-order valence-corrected chi connectivity index (χ0v) is 6.23. The molecule has 1 aliphatic carbocycles. The third-order valence-corrected chi connectivity index (χ3v) is 4.45. The molecule has 1 saturated carbocycles. The van der Waals surface area contributed by atoms with Crippen LogP contribution in [0.3, 0.4) is 0 Å². The summed E-state index contributed by atoms with van der Waals surface area (Å²) in [6, 6.07) is 0.852. The predicted octanol–water partition coefficient (Wildman–Crippen LogP) is 1.81. The fraction of sp³-hybridized carbons (Fsp3) is 1.00. The van der Waals surface area contributed by atoms with E-state index in [0.29, 0.717) is 0 Å². The maximum atomic E-state index is 3.40. The van der Waals surface area contributed by atoms with Gasteiger partial charge in [-0.15, -0.1) is 0 Å². The van der Waals surface area contributed by atoms with Gasteiger partial charge in [0.05, 0.1) is 0 Å². The van der Waals surface area contributed by atoms with Crippen LogP contribution >= 0.6 is 21.8 Å². The van der Waals surface area contributed by atoms with Gasteiger partial charge in [0.2, 0.25) is 0 Å². The van der Waals surface area contributed by atoms with Crippen molar-refractivity contribution >= 4 is 21.8 Å². The second-order valence-corrected chi connectivity index (χ2v) is 4.65. The quantitative estimate of drug-likeness (QED) is 0.414. The van der Waals surface area contributed by atoms with Crippen LogP contribution in [0, 0.1) is 0 Å². The second kappa shape index (κ2) is 2.12. The van der Waals surface area contributed by atoms with E-state index in [1.54, 1.807) is 0 Å². The Morgan fingerprint density at radius 3 is 3.25 bits per heavy atom. The first kappa shape index (κ1) is 5.45. The summed E-state index contributed by atoms with van der Waals surface area (Å²) in [6.45, 7) is 0. The molecule has 2 aliphatic rings. The molecule has 0 aromatic heterocycles. The summed E-state index contributed by atoms with van der Waals surface area (Å²) in [5.74, 6) is 0. The maximum absolute atomic E-state index is 3.40. The number of rotatable bonds is 0. The fourth-order valence-corrected chi connectivity index (χ4v) is 4.20. The lowest BCUT2D eigenvalue weighted by Gasteiger charge is -2.02. The van der Waals surface area contributed by atoms with Gasteiger partial charge in [-0.1, -0.05) is 17.2 Å². The van der Waals surface area contributed by atoms with Crippen molar-refractivity contribution in [3.05, 3.63) is 0 Å². The highest BCUT2D eigenvalue weighted by molar-refractivity contribution is 8.76. The molecule has 0 spiro atoms. The average molecular weight is 147 g/mol. The summed E-state index contributed by atoms with van der Waals surface area (Å²) >= 11 is 0. The third kappa shape index (κ3) is 0.769. The highest BCUT2D eigenvalue weighted by atomic mass is 33.1. The van der Waals surface area contributed by atoms with Gasteiger partial charge in [-0.3, -0.25) is 4.72 Å². The van der Waals surface area contributed by atoms with E-state index in [9.17, 15) is 0 Å². The van der Waals surface area contributed by atoms with Crippen molar-refractivity contribution in [2.75, 3.05) is 0 Å². The van der Waals surface area contributed by atoms with Crippen molar-refractivity contribution in [3.63, 3.8) is 0 Å². The maximum Gasteiger partial charge on any atom is 0.0326 e. The monoisotopic (exact) mass is 147 g/mol. The molecule has 3 heteroatoms. The van der Waals surface area contributed by atoms with Gasteiger partial charge in [0.25, 0.3) is 0 Å².